The summed E-state index contributed by atoms with van der Waals surface area (Å²) in [6, 6.07) is 6.97. The van der Waals surface area contributed by atoms with E-state index < -0.39 is 0 Å². The number of aromatic nitrogens is 2. The highest BCUT2D eigenvalue weighted by atomic mass is 35.5. The highest BCUT2D eigenvalue weighted by Crippen LogP contribution is 2.21. The topological polar surface area (TPSA) is 29.9 Å². The standard InChI is InChI=1S/C15H19ClFN3/c1-10-15(16)14(20(3)19-10)9-12(18-2)8-11-6-4-5-7-13(11)17/h4-7,12,18H,8-9H2,1-3H3. The zero-order valence-corrected chi connectivity index (χ0v) is 12.7. The van der Waals surface area contributed by atoms with Crippen molar-refractivity contribution in [2.75, 3.05) is 7.05 Å². The van der Waals surface area contributed by atoms with Crippen LogP contribution >= 0.6 is 11.6 Å². The van der Waals surface area contributed by atoms with Crippen molar-refractivity contribution in [2.24, 2.45) is 7.05 Å². The molecule has 0 spiro atoms. The van der Waals surface area contributed by atoms with Crippen LogP contribution in [0.5, 0.6) is 0 Å². The van der Waals surface area contributed by atoms with Crippen molar-refractivity contribution in [3.05, 3.63) is 52.1 Å². The monoisotopic (exact) mass is 295 g/mol. The van der Waals surface area contributed by atoms with E-state index in [1.54, 1.807) is 10.7 Å². The number of hydrogen-bond acceptors (Lipinski definition) is 2. The van der Waals surface area contributed by atoms with Gasteiger partial charge in [0.05, 0.1) is 16.4 Å². The molecule has 2 aromatic rings. The smallest absolute Gasteiger partial charge is 0.126 e. The Morgan fingerprint density at radius 1 is 1.35 bits per heavy atom. The number of halogens is 2. The van der Waals surface area contributed by atoms with Crippen LogP contribution in [0, 0.1) is 12.7 Å². The third-order valence-corrected chi connectivity index (χ3v) is 4.03. The van der Waals surface area contributed by atoms with Crippen LogP contribution in [0.15, 0.2) is 24.3 Å². The summed E-state index contributed by atoms with van der Waals surface area (Å²) in [5.41, 5.74) is 2.51. The molecule has 0 aliphatic carbocycles. The maximum atomic E-state index is 13.7. The van der Waals surface area contributed by atoms with Crippen molar-refractivity contribution in [2.45, 2.75) is 25.8 Å². The Balaban J connectivity index is 2.15. The van der Waals surface area contributed by atoms with Crippen molar-refractivity contribution in [1.82, 2.24) is 15.1 Å². The SMILES string of the molecule is CNC(Cc1ccccc1F)Cc1c(Cl)c(C)nn1C. The summed E-state index contributed by atoms with van der Waals surface area (Å²) >= 11 is 6.26. The molecule has 1 aromatic carbocycles. The van der Waals surface area contributed by atoms with Crippen LogP contribution in [0.1, 0.15) is 17.0 Å². The molecule has 0 amide bonds. The van der Waals surface area contributed by atoms with Gasteiger partial charge in [0.25, 0.3) is 0 Å². The van der Waals surface area contributed by atoms with Crippen LogP contribution in [-0.4, -0.2) is 22.9 Å². The van der Waals surface area contributed by atoms with Crippen molar-refractivity contribution >= 4 is 11.6 Å². The fraction of sp³-hybridized carbons (Fsp3) is 0.400. The molecule has 0 saturated heterocycles. The predicted molar refractivity (Wildman–Crippen MR) is 79.6 cm³/mol. The van der Waals surface area contributed by atoms with Crippen LogP contribution in [0.4, 0.5) is 4.39 Å². The normalized spacial score (nSPS) is 12.7. The second-order valence-electron chi connectivity index (χ2n) is 4.95. The first-order chi connectivity index (χ1) is 9.52. The number of hydrogen-bond donors (Lipinski definition) is 1. The third-order valence-electron chi connectivity index (χ3n) is 3.53. The van der Waals surface area contributed by atoms with Crippen molar-refractivity contribution in [3.63, 3.8) is 0 Å². The fourth-order valence-corrected chi connectivity index (χ4v) is 2.58. The van der Waals surface area contributed by atoms with E-state index in [1.165, 1.54) is 6.07 Å². The van der Waals surface area contributed by atoms with Crippen molar-refractivity contribution < 1.29 is 4.39 Å². The summed E-state index contributed by atoms with van der Waals surface area (Å²) in [4.78, 5) is 0. The molecule has 3 nitrogen and oxygen atoms in total. The molecule has 1 aromatic heterocycles. The molecule has 0 saturated carbocycles. The van der Waals surface area contributed by atoms with Crippen molar-refractivity contribution in [3.8, 4) is 0 Å². The zero-order chi connectivity index (χ0) is 14.7. The molecule has 108 valence electrons. The summed E-state index contributed by atoms with van der Waals surface area (Å²) < 4.78 is 15.5. The minimum Gasteiger partial charge on any atom is -0.316 e. The summed E-state index contributed by atoms with van der Waals surface area (Å²) in [6.45, 7) is 1.89. The lowest BCUT2D eigenvalue weighted by atomic mass is 10.0. The summed E-state index contributed by atoms with van der Waals surface area (Å²) in [7, 11) is 3.76. The molecule has 5 heteroatoms. The van der Waals surface area contributed by atoms with Gasteiger partial charge in [-0.05, 0) is 32.0 Å². The van der Waals surface area contributed by atoms with Gasteiger partial charge in [-0.15, -0.1) is 0 Å². The van der Waals surface area contributed by atoms with Gasteiger partial charge in [0, 0.05) is 19.5 Å². The van der Waals surface area contributed by atoms with E-state index in [1.807, 2.05) is 33.2 Å². The average molecular weight is 296 g/mol. The zero-order valence-electron chi connectivity index (χ0n) is 12.0. The van der Waals surface area contributed by atoms with Gasteiger partial charge < -0.3 is 5.32 Å². The number of aryl methyl sites for hydroxylation is 2. The van der Waals surface area contributed by atoms with E-state index in [9.17, 15) is 4.39 Å². The molecule has 0 bridgehead atoms. The maximum absolute atomic E-state index is 13.7. The Labute approximate surface area is 123 Å². The molecule has 0 fully saturated rings. The van der Waals surface area contributed by atoms with Gasteiger partial charge in [-0.2, -0.15) is 5.10 Å². The average Bonchev–Trinajstić information content (AvgIpc) is 2.66. The summed E-state index contributed by atoms with van der Waals surface area (Å²) in [5.74, 6) is -0.167. The molecule has 2 rings (SSSR count). The van der Waals surface area contributed by atoms with E-state index >= 15 is 0 Å². The summed E-state index contributed by atoms with van der Waals surface area (Å²) in [5, 5.41) is 8.22. The first-order valence-corrected chi connectivity index (χ1v) is 6.99. The first kappa shape index (κ1) is 15.0. The molecular formula is C15H19ClFN3. The lowest BCUT2D eigenvalue weighted by Crippen LogP contribution is -2.31. The summed E-state index contributed by atoms with van der Waals surface area (Å²) in [6.07, 6.45) is 1.32. The Morgan fingerprint density at radius 3 is 2.60 bits per heavy atom. The van der Waals surface area contributed by atoms with Gasteiger partial charge >= 0.3 is 0 Å². The fourth-order valence-electron chi connectivity index (χ4n) is 2.34. The van der Waals surface area contributed by atoms with Gasteiger partial charge in [0.1, 0.15) is 5.82 Å². The first-order valence-electron chi connectivity index (χ1n) is 6.61. The largest absolute Gasteiger partial charge is 0.316 e. The third kappa shape index (κ3) is 3.19. The number of nitrogens with one attached hydrogen (secondary N) is 1. The van der Waals surface area contributed by atoms with E-state index in [0.29, 0.717) is 23.4 Å². The van der Waals surface area contributed by atoms with E-state index in [-0.39, 0.29) is 11.9 Å². The minimum atomic E-state index is -0.167. The van der Waals surface area contributed by atoms with Crippen LogP contribution in [0.3, 0.4) is 0 Å². The van der Waals surface area contributed by atoms with Gasteiger partial charge in [0.15, 0.2) is 0 Å². The molecule has 1 heterocycles. The van der Waals surface area contributed by atoms with E-state index in [4.69, 9.17) is 11.6 Å². The molecule has 1 N–H and O–H groups in total. The lowest BCUT2D eigenvalue weighted by Gasteiger charge is -2.17. The second-order valence-corrected chi connectivity index (χ2v) is 5.33. The van der Waals surface area contributed by atoms with Gasteiger partial charge in [-0.25, -0.2) is 4.39 Å². The molecule has 0 aliphatic heterocycles. The Morgan fingerprint density at radius 2 is 2.05 bits per heavy atom. The van der Waals surface area contributed by atoms with Crippen molar-refractivity contribution in [1.29, 1.82) is 0 Å². The number of likely N-dealkylation sites (N-methyl/N-ethyl adjacent to an activating group) is 1. The van der Waals surface area contributed by atoms with Crippen LogP contribution in [-0.2, 0) is 19.9 Å². The lowest BCUT2D eigenvalue weighted by molar-refractivity contribution is 0.516. The van der Waals surface area contributed by atoms with Crippen LogP contribution < -0.4 is 5.32 Å². The highest BCUT2D eigenvalue weighted by molar-refractivity contribution is 6.31. The van der Waals surface area contributed by atoms with Crippen LogP contribution in [0.2, 0.25) is 5.02 Å². The van der Waals surface area contributed by atoms with E-state index in [0.717, 1.165) is 11.4 Å². The maximum Gasteiger partial charge on any atom is 0.126 e. The molecular weight excluding hydrogens is 277 g/mol. The highest BCUT2D eigenvalue weighted by Gasteiger charge is 2.17. The molecule has 1 atom stereocenters. The van der Waals surface area contributed by atoms with Gasteiger partial charge in [-0.1, -0.05) is 29.8 Å². The predicted octanol–water partition coefficient (Wildman–Crippen LogP) is 2.89. The Bertz CT molecular complexity index is 595. The van der Waals surface area contributed by atoms with Crippen LogP contribution in [0.25, 0.3) is 0 Å². The quantitative estimate of drug-likeness (QED) is 0.919. The Kier molecular flexibility index (Phi) is 4.78. The molecule has 20 heavy (non-hydrogen) atoms. The number of nitrogens with zero attached hydrogens (tertiary/aromatic N) is 2. The van der Waals surface area contributed by atoms with Gasteiger partial charge in [-0.3, -0.25) is 4.68 Å². The molecule has 1 unspecified atom stereocenters. The Hall–Kier alpha value is -1.39. The molecule has 0 radical (unpaired) electrons. The minimum absolute atomic E-state index is 0.110. The van der Waals surface area contributed by atoms with E-state index in [2.05, 4.69) is 10.4 Å². The van der Waals surface area contributed by atoms with Gasteiger partial charge in [0.2, 0.25) is 0 Å². The second kappa shape index (κ2) is 6.37. The molecule has 0 aliphatic rings. The number of rotatable bonds is 5. The number of benzene rings is 1.